The van der Waals surface area contributed by atoms with Crippen molar-refractivity contribution in [2.75, 3.05) is 32.8 Å². The zero-order valence-corrected chi connectivity index (χ0v) is 13.5. The van der Waals surface area contributed by atoms with Crippen LogP contribution in [0.5, 0.6) is 0 Å². The van der Waals surface area contributed by atoms with E-state index in [1.54, 1.807) is 0 Å². The van der Waals surface area contributed by atoms with Gasteiger partial charge >= 0.3 is 0 Å². The monoisotopic (exact) mass is 311 g/mol. The summed E-state index contributed by atoms with van der Waals surface area (Å²) >= 11 is 0. The molecule has 1 aliphatic heterocycles. The molecule has 0 radical (unpaired) electrons. The Morgan fingerprint density at radius 1 is 1.13 bits per heavy atom. The zero-order valence-electron chi connectivity index (χ0n) is 13.5. The molecule has 1 aromatic heterocycles. The minimum absolute atomic E-state index is 0.526. The highest BCUT2D eigenvalue weighted by atomic mass is 16.5. The van der Waals surface area contributed by atoms with Crippen LogP contribution in [0.4, 0.5) is 0 Å². The van der Waals surface area contributed by atoms with Crippen LogP contribution in [0.3, 0.4) is 0 Å². The lowest BCUT2D eigenvalue weighted by Gasteiger charge is -2.23. The topological polar surface area (TPSA) is 37.4 Å². The number of aromatic nitrogens is 1. The molecular formula is C19H25N3O. The highest BCUT2D eigenvalue weighted by Crippen LogP contribution is 2.10. The molecule has 2 heterocycles. The van der Waals surface area contributed by atoms with Gasteiger partial charge in [-0.2, -0.15) is 0 Å². The highest BCUT2D eigenvalue weighted by Gasteiger charge is 2.18. The molecule has 0 aliphatic carbocycles. The lowest BCUT2D eigenvalue weighted by Crippen LogP contribution is -2.31. The summed E-state index contributed by atoms with van der Waals surface area (Å²) in [6, 6.07) is 14.5. The molecule has 4 heteroatoms. The van der Waals surface area contributed by atoms with E-state index in [-0.39, 0.29) is 0 Å². The summed E-state index contributed by atoms with van der Waals surface area (Å²) in [5.74, 6) is 0.526. The average molecular weight is 311 g/mol. The van der Waals surface area contributed by atoms with Crippen LogP contribution < -0.4 is 5.32 Å². The van der Waals surface area contributed by atoms with Gasteiger partial charge in [0, 0.05) is 51.0 Å². The molecule has 23 heavy (non-hydrogen) atoms. The molecule has 1 aliphatic rings. The number of rotatable bonds is 6. The Kier molecular flexibility index (Phi) is 6.15. The Labute approximate surface area is 138 Å². The minimum Gasteiger partial charge on any atom is -0.376 e. The number of nitrogens with zero attached hydrogens (tertiary/aromatic N) is 2. The number of benzene rings is 1. The van der Waals surface area contributed by atoms with Gasteiger partial charge in [-0.15, -0.1) is 0 Å². The third kappa shape index (κ3) is 5.43. The first-order chi connectivity index (χ1) is 11.4. The molecule has 1 unspecified atom stereocenters. The van der Waals surface area contributed by atoms with Crippen molar-refractivity contribution < 1.29 is 4.74 Å². The maximum absolute atomic E-state index is 5.93. The number of nitrogens with one attached hydrogen (secondary N) is 1. The fraction of sp³-hybridized carbons (Fsp3) is 0.421. The molecule has 0 amide bonds. The summed E-state index contributed by atoms with van der Waals surface area (Å²) < 4.78 is 5.93. The predicted octanol–water partition coefficient (Wildman–Crippen LogP) is 2.32. The van der Waals surface area contributed by atoms with Crippen LogP contribution in [0.25, 0.3) is 0 Å². The Bertz CT molecular complexity index is 561. The van der Waals surface area contributed by atoms with Crippen LogP contribution in [-0.2, 0) is 17.9 Å². The largest absolute Gasteiger partial charge is 0.376 e. The molecule has 4 nitrogen and oxygen atoms in total. The zero-order chi connectivity index (χ0) is 15.7. The second kappa shape index (κ2) is 8.77. The third-order valence-corrected chi connectivity index (χ3v) is 4.15. The Morgan fingerprint density at radius 2 is 2.00 bits per heavy atom. The van der Waals surface area contributed by atoms with Crippen LogP contribution in [-0.4, -0.2) is 42.7 Å². The van der Waals surface area contributed by atoms with Crippen molar-refractivity contribution in [3.63, 3.8) is 0 Å². The van der Waals surface area contributed by atoms with Gasteiger partial charge in [-0.05, 0) is 17.2 Å². The van der Waals surface area contributed by atoms with E-state index in [9.17, 15) is 0 Å². The normalized spacial score (nSPS) is 19.4. The van der Waals surface area contributed by atoms with Crippen molar-refractivity contribution in [2.24, 2.45) is 5.92 Å². The fourth-order valence-electron chi connectivity index (χ4n) is 2.99. The molecule has 122 valence electrons. The number of ether oxygens (including phenoxy) is 1. The summed E-state index contributed by atoms with van der Waals surface area (Å²) in [6.07, 6.45) is 3.78. The van der Waals surface area contributed by atoms with Crippen molar-refractivity contribution >= 4 is 0 Å². The van der Waals surface area contributed by atoms with Crippen molar-refractivity contribution in [3.05, 3.63) is 66.0 Å². The van der Waals surface area contributed by atoms with Crippen LogP contribution >= 0.6 is 0 Å². The summed E-state index contributed by atoms with van der Waals surface area (Å²) in [6.45, 7) is 6.66. The molecule has 0 spiro atoms. The molecule has 2 aromatic rings. The lowest BCUT2D eigenvalue weighted by molar-refractivity contribution is 0.0757. The minimum atomic E-state index is 0.526. The second-order valence-electron chi connectivity index (χ2n) is 6.17. The van der Waals surface area contributed by atoms with Gasteiger partial charge in [-0.1, -0.05) is 36.4 Å². The van der Waals surface area contributed by atoms with E-state index in [1.165, 1.54) is 11.1 Å². The molecular weight excluding hydrogens is 286 g/mol. The third-order valence-electron chi connectivity index (χ3n) is 4.15. The molecule has 1 N–H and O–H groups in total. The SMILES string of the molecule is c1ccc(COCC2CNCCN(Cc3cccnc3)C2)cc1. The van der Waals surface area contributed by atoms with Gasteiger partial charge in [0.1, 0.15) is 0 Å². The van der Waals surface area contributed by atoms with E-state index in [2.05, 4.69) is 45.5 Å². The van der Waals surface area contributed by atoms with Crippen LogP contribution in [0.15, 0.2) is 54.9 Å². The second-order valence-corrected chi connectivity index (χ2v) is 6.17. The quantitative estimate of drug-likeness (QED) is 0.888. The van der Waals surface area contributed by atoms with Crippen molar-refractivity contribution in [3.8, 4) is 0 Å². The molecule has 1 aromatic carbocycles. The first-order valence-corrected chi connectivity index (χ1v) is 8.34. The van der Waals surface area contributed by atoms with Crippen molar-refractivity contribution in [2.45, 2.75) is 13.2 Å². The number of hydrogen-bond acceptors (Lipinski definition) is 4. The van der Waals surface area contributed by atoms with E-state index in [0.29, 0.717) is 12.5 Å². The Hall–Kier alpha value is -1.75. The van der Waals surface area contributed by atoms with Gasteiger partial charge in [-0.25, -0.2) is 0 Å². The van der Waals surface area contributed by atoms with Crippen LogP contribution in [0.1, 0.15) is 11.1 Å². The first kappa shape index (κ1) is 16.1. The first-order valence-electron chi connectivity index (χ1n) is 8.34. The van der Waals surface area contributed by atoms with Crippen LogP contribution in [0.2, 0.25) is 0 Å². The summed E-state index contributed by atoms with van der Waals surface area (Å²) in [5.41, 5.74) is 2.51. The summed E-state index contributed by atoms with van der Waals surface area (Å²) in [4.78, 5) is 6.70. The van der Waals surface area contributed by atoms with Gasteiger partial charge in [0.2, 0.25) is 0 Å². The summed E-state index contributed by atoms with van der Waals surface area (Å²) in [5, 5.41) is 3.52. The van der Waals surface area contributed by atoms with Gasteiger partial charge in [0.25, 0.3) is 0 Å². The maximum Gasteiger partial charge on any atom is 0.0717 e. The van der Waals surface area contributed by atoms with Gasteiger partial charge in [-0.3, -0.25) is 9.88 Å². The van der Waals surface area contributed by atoms with Crippen LogP contribution in [0, 0.1) is 5.92 Å². The van der Waals surface area contributed by atoms with Gasteiger partial charge < -0.3 is 10.1 Å². The molecule has 0 bridgehead atoms. The van der Waals surface area contributed by atoms with Crippen molar-refractivity contribution in [1.29, 1.82) is 0 Å². The van der Waals surface area contributed by atoms with E-state index >= 15 is 0 Å². The standard InChI is InChI=1S/C19H25N3O/c1-2-5-17(6-3-1)15-23-16-19-12-21-9-10-22(14-19)13-18-7-4-8-20-11-18/h1-8,11,19,21H,9-10,12-16H2. The summed E-state index contributed by atoms with van der Waals surface area (Å²) in [7, 11) is 0. The van der Waals surface area contributed by atoms with E-state index in [4.69, 9.17) is 4.74 Å². The average Bonchev–Trinajstić information content (AvgIpc) is 2.82. The highest BCUT2D eigenvalue weighted by molar-refractivity contribution is 5.13. The molecule has 1 atom stereocenters. The van der Waals surface area contributed by atoms with Gasteiger partial charge in [0.15, 0.2) is 0 Å². The Morgan fingerprint density at radius 3 is 2.83 bits per heavy atom. The number of hydrogen-bond donors (Lipinski definition) is 1. The van der Waals surface area contributed by atoms with E-state index < -0.39 is 0 Å². The molecule has 1 saturated heterocycles. The molecule has 1 fully saturated rings. The van der Waals surface area contributed by atoms with Crippen molar-refractivity contribution in [1.82, 2.24) is 15.2 Å². The smallest absolute Gasteiger partial charge is 0.0717 e. The number of pyridine rings is 1. The van der Waals surface area contributed by atoms with E-state index in [1.807, 2.05) is 24.5 Å². The predicted molar refractivity (Wildman–Crippen MR) is 92.0 cm³/mol. The van der Waals surface area contributed by atoms with Gasteiger partial charge in [0.05, 0.1) is 13.2 Å². The Balaban J connectivity index is 1.47. The fourth-order valence-corrected chi connectivity index (χ4v) is 2.99. The lowest BCUT2D eigenvalue weighted by atomic mass is 10.1. The molecule has 3 rings (SSSR count). The maximum atomic E-state index is 5.93. The molecule has 0 saturated carbocycles. The van der Waals surface area contributed by atoms with E-state index in [0.717, 1.165) is 39.3 Å².